The molecule has 0 fully saturated rings. The SMILES string of the molecule is CCOC(=O)[C@H]1C(=O)N(Cc2ccccc2)c2nc3ccccc3n2[C@@H]1c1ccc(CC)cc1. The number of carbonyl (C=O) groups is 2. The van der Waals surface area contributed by atoms with Crippen molar-refractivity contribution in [2.75, 3.05) is 11.5 Å². The molecule has 1 aliphatic heterocycles. The zero-order valence-corrected chi connectivity index (χ0v) is 19.3. The van der Waals surface area contributed by atoms with Crippen LogP contribution in [0.15, 0.2) is 78.9 Å². The molecule has 0 unspecified atom stereocenters. The maximum atomic E-state index is 14.0. The monoisotopic (exact) mass is 453 g/mol. The van der Waals surface area contributed by atoms with Crippen molar-refractivity contribution in [1.82, 2.24) is 9.55 Å². The van der Waals surface area contributed by atoms with Crippen molar-refractivity contribution in [3.8, 4) is 0 Å². The van der Waals surface area contributed by atoms with Crippen molar-refractivity contribution in [2.24, 2.45) is 5.92 Å². The summed E-state index contributed by atoms with van der Waals surface area (Å²) in [6, 6.07) is 25.1. The largest absolute Gasteiger partial charge is 0.465 e. The van der Waals surface area contributed by atoms with Crippen LogP contribution in [-0.4, -0.2) is 28.0 Å². The Kier molecular flexibility index (Phi) is 5.88. The first-order valence-electron chi connectivity index (χ1n) is 11.7. The molecule has 34 heavy (non-hydrogen) atoms. The second-order valence-corrected chi connectivity index (χ2v) is 8.45. The van der Waals surface area contributed by atoms with Crippen LogP contribution in [0, 0.1) is 5.92 Å². The van der Waals surface area contributed by atoms with Crippen molar-refractivity contribution >= 4 is 28.9 Å². The minimum absolute atomic E-state index is 0.209. The molecule has 0 saturated heterocycles. The molecular weight excluding hydrogens is 426 g/mol. The Morgan fingerprint density at radius 2 is 1.62 bits per heavy atom. The molecule has 0 aliphatic carbocycles. The summed E-state index contributed by atoms with van der Waals surface area (Å²) in [6.45, 7) is 4.39. The molecule has 0 spiro atoms. The van der Waals surface area contributed by atoms with E-state index in [2.05, 4.69) is 19.1 Å². The van der Waals surface area contributed by atoms with Crippen LogP contribution in [0.2, 0.25) is 0 Å². The number of amides is 1. The molecule has 6 nitrogen and oxygen atoms in total. The minimum Gasteiger partial charge on any atom is -0.465 e. The highest BCUT2D eigenvalue weighted by Gasteiger charge is 2.47. The Hall–Kier alpha value is -3.93. The molecule has 5 rings (SSSR count). The van der Waals surface area contributed by atoms with Gasteiger partial charge in [-0.1, -0.05) is 73.7 Å². The summed E-state index contributed by atoms with van der Waals surface area (Å²) in [7, 11) is 0. The molecule has 4 aromatic rings. The third kappa shape index (κ3) is 3.75. The second kappa shape index (κ2) is 9.14. The van der Waals surface area contributed by atoms with Crippen LogP contribution in [0.5, 0.6) is 0 Å². The Labute approximate surface area is 198 Å². The number of ether oxygens (including phenoxy) is 1. The fourth-order valence-electron chi connectivity index (χ4n) is 4.72. The van der Waals surface area contributed by atoms with Crippen LogP contribution in [-0.2, 0) is 27.3 Å². The molecule has 1 aromatic heterocycles. The van der Waals surface area contributed by atoms with Crippen molar-refractivity contribution in [1.29, 1.82) is 0 Å². The van der Waals surface area contributed by atoms with E-state index in [4.69, 9.17) is 9.72 Å². The van der Waals surface area contributed by atoms with E-state index in [9.17, 15) is 9.59 Å². The lowest BCUT2D eigenvalue weighted by molar-refractivity contribution is -0.153. The van der Waals surface area contributed by atoms with Gasteiger partial charge in [0, 0.05) is 0 Å². The summed E-state index contributed by atoms with van der Waals surface area (Å²) in [5.41, 5.74) is 4.69. The zero-order chi connectivity index (χ0) is 23.7. The number of rotatable bonds is 6. The van der Waals surface area contributed by atoms with E-state index in [-0.39, 0.29) is 12.5 Å². The summed E-state index contributed by atoms with van der Waals surface area (Å²) >= 11 is 0. The Balaban J connectivity index is 1.73. The number of hydrogen-bond donors (Lipinski definition) is 0. The lowest BCUT2D eigenvalue weighted by Gasteiger charge is -2.38. The Bertz CT molecular complexity index is 1330. The van der Waals surface area contributed by atoms with Gasteiger partial charge in [0.05, 0.1) is 30.2 Å². The molecule has 2 atom stereocenters. The molecule has 172 valence electrons. The van der Waals surface area contributed by atoms with Gasteiger partial charge in [0.15, 0.2) is 5.92 Å². The third-order valence-corrected chi connectivity index (χ3v) is 6.40. The highest BCUT2D eigenvalue weighted by atomic mass is 16.5. The Morgan fingerprint density at radius 3 is 2.32 bits per heavy atom. The smallest absolute Gasteiger partial charge is 0.321 e. The summed E-state index contributed by atoms with van der Waals surface area (Å²) in [6.07, 6.45) is 0.912. The summed E-state index contributed by atoms with van der Waals surface area (Å²) in [4.78, 5) is 33.7. The topological polar surface area (TPSA) is 64.4 Å². The first-order chi connectivity index (χ1) is 16.6. The average Bonchev–Trinajstić information content (AvgIpc) is 3.25. The first kappa shape index (κ1) is 21.9. The molecule has 1 amide bonds. The van der Waals surface area contributed by atoms with Gasteiger partial charge in [0.1, 0.15) is 0 Å². The molecule has 0 saturated carbocycles. The maximum Gasteiger partial charge on any atom is 0.321 e. The molecule has 6 heteroatoms. The van der Waals surface area contributed by atoms with E-state index in [0.717, 1.165) is 28.6 Å². The molecule has 1 aliphatic rings. The molecule has 3 aromatic carbocycles. The molecular formula is C28H27N3O3. The van der Waals surface area contributed by atoms with Crippen molar-refractivity contribution in [3.63, 3.8) is 0 Å². The van der Waals surface area contributed by atoms with Gasteiger partial charge in [0.2, 0.25) is 11.9 Å². The van der Waals surface area contributed by atoms with Gasteiger partial charge in [-0.2, -0.15) is 0 Å². The van der Waals surface area contributed by atoms with E-state index in [1.54, 1.807) is 11.8 Å². The normalized spacial score (nSPS) is 17.6. The van der Waals surface area contributed by atoms with Gasteiger partial charge < -0.3 is 9.30 Å². The minimum atomic E-state index is -1.01. The quantitative estimate of drug-likeness (QED) is 0.307. The number of hydrogen-bond acceptors (Lipinski definition) is 4. The lowest BCUT2D eigenvalue weighted by atomic mass is 9.88. The lowest BCUT2D eigenvalue weighted by Crippen LogP contribution is -2.49. The number of anilines is 1. The zero-order valence-electron chi connectivity index (χ0n) is 19.3. The third-order valence-electron chi connectivity index (χ3n) is 6.40. The van der Waals surface area contributed by atoms with Gasteiger partial charge in [-0.15, -0.1) is 0 Å². The number of aromatic nitrogens is 2. The number of carbonyl (C=O) groups excluding carboxylic acids is 2. The van der Waals surface area contributed by atoms with Gasteiger partial charge in [-0.25, -0.2) is 4.98 Å². The van der Waals surface area contributed by atoms with Crippen molar-refractivity contribution in [3.05, 3.63) is 95.6 Å². The summed E-state index contributed by atoms with van der Waals surface area (Å²) in [5, 5.41) is 0. The fourth-order valence-corrected chi connectivity index (χ4v) is 4.72. The van der Waals surface area contributed by atoms with E-state index >= 15 is 0 Å². The van der Waals surface area contributed by atoms with Gasteiger partial charge >= 0.3 is 5.97 Å². The van der Waals surface area contributed by atoms with Crippen LogP contribution in [0.25, 0.3) is 11.0 Å². The fraction of sp³-hybridized carbons (Fsp3) is 0.250. The number of aryl methyl sites for hydroxylation is 1. The number of para-hydroxylation sites is 2. The molecule has 2 heterocycles. The van der Waals surface area contributed by atoms with Gasteiger partial charge in [-0.05, 0) is 42.2 Å². The average molecular weight is 454 g/mol. The first-order valence-corrected chi connectivity index (χ1v) is 11.7. The standard InChI is InChI=1S/C28H27N3O3/c1-3-19-14-16-21(17-15-19)25-24(27(33)34-4-2)26(32)30(18-20-10-6-5-7-11-20)28-29-22-12-8-9-13-23(22)31(25)28/h5-17,24-25H,3-4,18H2,1-2H3/t24-,25-/m1/s1. The van der Waals surface area contributed by atoms with Crippen molar-refractivity contribution in [2.45, 2.75) is 32.9 Å². The summed E-state index contributed by atoms with van der Waals surface area (Å²) < 4.78 is 7.46. The molecule has 0 radical (unpaired) electrons. The Morgan fingerprint density at radius 1 is 0.912 bits per heavy atom. The van der Waals surface area contributed by atoms with Crippen LogP contribution >= 0.6 is 0 Å². The van der Waals surface area contributed by atoms with Crippen LogP contribution in [0.4, 0.5) is 5.95 Å². The van der Waals surface area contributed by atoms with Gasteiger partial charge in [0.25, 0.3) is 0 Å². The van der Waals surface area contributed by atoms with Crippen molar-refractivity contribution < 1.29 is 14.3 Å². The predicted octanol–water partition coefficient (Wildman–Crippen LogP) is 4.91. The number of esters is 1. The van der Waals surface area contributed by atoms with E-state index in [1.165, 1.54) is 5.56 Å². The number of fused-ring (bicyclic) bond motifs is 3. The van der Waals surface area contributed by atoms with Gasteiger partial charge in [-0.3, -0.25) is 14.5 Å². The highest BCUT2D eigenvalue weighted by molar-refractivity contribution is 6.08. The molecule has 0 N–H and O–H groups in total. The summed E-state index contributed by atoms with van der Waals surface area (Å²) in [5.74, 6) is -1.28. The van der Waals surface area contributed by atoms with Crippen LogP contribution in [0.3, 0.4) is 0 Å². The van der Waals surface area contributed by atoms with E-state index < -0.39 is 17.9 Å². The van der Waals surface area contributed by atoms with Crippen LogP contribution < -0.4 is 4.90 Å². The highest BCUT2D eigenvalue weighted by Crippen LogP contribution is 2.41. The number of nitrogens with zero attached hydrogens (tertiary/aromatic N) is 3. The van der Waals surface area contributed by atoms with E-state index in [0.29, 0.717) is 12.5 Å². The predicted molar refractivity (Wildman–Crippen MR) is 131 cm³/mol. The number of imidazole rings is 1. The van der Waals surface area contributed by atoms with E-state index in [1.807, 2.05) is 71.3 Å². The number of benzene rings is 3. The second-order valence-electron chi connectivity index (χ2n) is 8.45. The maximum absolute atomic E-state index is 14.0. The molecule has 0 bridgehead atoms. The van der Waals surface area contributed by atoms with Crippen LogP contribution in [0.1, 0.15) is 36.6 Å².